The van der Waals surface area contributed by atoms with Crippen LogP contribution in [0, 0.1) is 6.92 Å². The molecule has 6 heteroatoms. The molecule has 1 N–H and O–H groups in total. The zero-order chi connectivity index (χ0) is 13.3. The molecule has 0 saturated heterocycles. The molecule has 1 amide bonds. The number of aromatic nitrogens is 2. The standard InChI is InChI=1S/C12H11BrClN3O/c1-7-10(13)11(17(2)16-7)15-12(18)8-3-5-9(14)6-4-8/h3-6H,1-2H3,(H,15,18). The molecular formula is C12H11BrClN3O. The lowest BCUT2D eigenvalue weighted by molar-refractivity contribution is 0.102. The van der Waals surface area contributed by atoms with Gasteiger partial charge in [-0.25, -0.2) is 0 Å². The van der Waals surface area contributed by atoms with Gasteiger partial charge < -0.3 is 5.32 Å². The van der Waals surface area contributed by atoms with Crippen LogP contribution in [0.4, 0.5) is 5.82 Å². The van der Waals surface area contributed by atoms with Crippen molar-refractivity contribution in [2.45, 2.75) is 6.92 Å². The van der Waals surface area contributed by atoms with E-state index in [1.54, 1.807) is 36.0 Å². The molecule has 94 valence electrons. The van der Waals surface area contributed by atoms with Gasteiger partial charge >= 0.3 is 0 Å². The first-order valence-electron chi connectivity index (χ1n) is 5.25. The zero-order valence-electron chi connectivity index (χ0n) is 9.87. The van der Waals surface area contributed by atoms with Gasteiger partial charge in [-0.05, 0) is 47.1 Å². The third-order valence-corrected chi connectivity index (χ3v) is 3.69. The Morgan fingerprint density at radius 3 is 2.50 bits per heavy atom. The van der Waals surface area contributed by atoms with Crippen LogP contribution < -0.4 is 5.32 Å². The van der Waals surface area contributed by atoms with Crippen LogP contribution in [0.2, 0.25) is 5.02 Å². The fourth-order valence-electron chi connectivity index (χ4n) is 1.55. The first-order chi connectivity index (χ1) is 8.49. The number of amides is 1. The molecule has 0 unspecified atom stereocenters. The van der Waals surface area contributed by atoms with Gasteiger partial charge in [0.2, 0.25) is 0 Å². The van der Waals surface area contributed by atoms with E-state index in [-0.39, 0.29) is 5.91 Å². The highest BCUT2D eigenvalue weighted by atomic mass is 79.9. The normalized spacial score (nSPS) is 10.4. The SMILES string of the molecule is Cc1nn(C)c(NC(=O)c2ccc(Cl)cc2)c1Br. The number of halogens is 2. The fraction of sp³-hybridized carbons (Fsp3) is 0.167. The number of carbonyl (C=O) groups is 1. The topological polar surface area (TPSA) is 46.9 Å². The molecule has 2 rings (SSSR count). The van der Waals surface area contributed by atoms with Crippen LogP contribution in [0.5, 0.6) is 0 Å². The highest BCUT2D eigenvalue weighted by molar-refractivity contribution is 9.10. The molecule has 0 bridgehead atoms. The third-order valence-electron chi connectivity index (χ3n) is 2.49. The summed E-state index contributed by atoms with van der Waals surface area (Å²) < 4.78 is 2.40. The van der Waals surface area contributed by atoms with Crippen LogP contribution in [0.3, 0.4) is 0 Å². The molecule has 4 nitrogen and oxygen atoms in total. The Labute approximate surface area is 118 Å². The maximum Gasteiger partial charge on any atom is 0.256 e. The second-order valence-corrected chi connectivity index (χ2v) is 5.06. The molecule has 0 saturated carbocycles. The molecule has 1 heterocycles. The van der Waals surface area contributed by atoms with Crippen LogP contribution >= 0.6 is 27.5 Å². The molecule has 0 radical (unpaired) electrons. The molecule has 2 aromatic rings. The first kappa shape index (κ1) is 13.1. The van der Waals surface area contributed by atoms with E-state index in [0.717, 1.165) is 10.2 Å². The first-order valence-corrected chi connectivity index (χ1v) is 6.42. The second kappa shape index (κ2) is 5.12. The Morgan fingerprint density at radius 1 is 1.39 bits per heavy atom. The van der Waals surface area contributed by atoms with Crippen molar-refractivity contribution >= 4 is 39.3 Å². The molecule has 0 fully saturated rings. The van der Waals surface area contributed by atoms with Crippen molar-refractivity contribution < 1.29 is 4.79 Å². The lowest BCUT2D eigenvalue weighted by Gasteiger charge is -2.06. The Morgan fingerprint density at radius 2 is 2.00 bits per heavy atom. The van der Waals surface area contributed by atoms with Crippen LogP contribution in [-0.4, -0.2) is 15.7 Å². The summed E-state index contributed by atoms with van der Waals surface area (Å²) in [5.41, 5.74) is 1.37. The van der Waals surface area contributed by atoms with Gasteiger partial charge in [0.15, 0.2) is 0 Å². The van der Waals surface area contributed by atoms with Crippen LogP contribution in [-0.2, 0) is 7.05 Å². The minimum Gasteiger partial charge on any atom is -0.306 e. The van der Waals surface area contributed by atoms with Gasteiger partial charge in [-0.1, -0.05) is 11.6 Å². The summed E-state index contributed by atoms with van der Waals surface area (Å²) in [5, 5.41) is 7.61. The lowest BCUT2D eigenvalue weighted by atomic mass is 10.2. The summed E-state index contributed by atoms with van der Waals surface area (Å²) in [5.74, 6) is 0.433. The van der Waals surface area contributed by atoms with Crippen molar-refractivity contribution in [2.75, 3.05) is 5.32 Å². The third kappa shape index (κ3) is 2.57. The van der Waals surface area contributed by atoms with Gasteiger partial charge in [0.1, 0.15) is 5.82 Å². The van der Waals surface area contributed by atoms with E-state index in [1.165, 1.54) is 0 Å². The number of carbonyl (C=O) groups excluding carboxylic acids is 1. The van der Waals surface area contributed by atoms with Crippen molar-refractivity contribution in [1.29, 1.82) is 0 Å². The summed E-state index contributed by atoms with van der Waals surface area (Å²) in [7, 11) is 1.77. The Kier molecular flexibility index (Phi) is 3.73. The number of aryl methyl sites for hydroxylation is 2. The summed E-state index contributed by atoms with van der Waals surface area (Å²) in [4.78, 5) is 12.0. The van der Waals surface area contributed by atoms with Crippen molar-refractivity contribution in [3.05, 3.63) is 45.0 Å². The van der Waals surface area contributed by atoms with Gasteiger partial charge in [0.25, 0.3) is 5.91 Å². The monoisotopic (exact) mass is 327 g/mol. The summed E-state index contributed by atoms with van der Waals surface area (Å²) in [6.07, 6.45) is 0. The average Bonchev–Trinajstić information content (AvgIpc) is 2.57. The van der Waals surface area contributed by atoms with Crippen molar-refractivity contribution in [2.24, 2.45) is 7.05 Å². The molecule has 1 aromatic heterocycles. The highest BCUT2D eigenvalue weighted by Gasteiger charge is 2.14. The van der Waals surface area contributed by atoms with E-state index < -0.39 is 0 Å². The largest absolute Gasteiger partial charge is 0.306 e. The number of hydrogen-bond donors (Lipinski definition) is 1. The van der Waals surface area contributed by atoms with E-state index in [9.17, 15) is 4.79 Å². The van der Waals surface area contributed by atoms with E-state index >= 15 is 0 Å². The van der Waals surface area contributed by atoms with Crippen molar-refractivity contribution in [1.82, 2.24) is 9.78 Å². The maximum absolute atomic E-state index is 12.0. The Hall–Kier alpha value is -1.33. The molecule has 1 aromatic carbocycles. The van der Waals surface area contributed by atoms with E-state index in [2.05, 4.69) is 26.3 Å². The molecule has 0 aliphatic carbocycles. The van der Waals surface area contributed by atoms with Gasteiger partial charge in [-0.2, -0.15) is 5.10 Å². The summed E-state index contributed by atoms with van der Waals surface area (Å²) in [6.45, 7) is 1.86. The molecule has 0 spiro atoms. The molecular weight excluding hydrogens is 318 g/mol. The number of hydrogen-bond acceptors (Lipinski definition) is 2. The minimum atomic E-state index is -0.199. The molecule has 0 aliphatic heterocycles. The predicted molar refractivity (Wildman–Crippen MR) is 75.1 cm³/mol. The summed E-state index contributed by atoms with van der Waals surface area (Å²) >= 11 is 9.17. The van der Waals surface area contributed by atoms with Crippen molar-refractivity contribution in [3.63, 3.8) is 0 Å². The van der Waals surface area contributed by atoms with Crippen LogP contribution in [0.15, 0.2) is 28.7 Å². The highest BCUT2D eigenvalue weighted by Crippen LogP contribution is 2.25. The zero-order valence-corrected chi connectivity index (χ0v) is 12.2. The molecule has 0 aliphatic rings. The Bertz CT molecular complexity index is 592. The smallest absolute Gasteiger partial charge is 0.256 e. The lowest BCUT2D eigenvalue weighted by Crippen LogP contribution is -2.14. The number of rotatable bonds is 2. The minimum absolute atomic E-state index is 0.199. The van der Waals surface area contributed by atoms with Gasteiger partial charge in [-0.3, -0.25) is 9.48 Å². The molecule has 0 atom stereocenters. The quantitative estimate of drug-likeness (QED) is 0.918. The van der Waals surface area contributed by atoms with Gasteiger partial charge in [-0.15, -0.1) is 0 Å². The van der Waals surface area contributed by atoms with Crippen molar-refractivity contribution in [3.8, 4) is 0 Å². The number of nitrogens with zero attached hydrogens (tertiary/aromatic N) is 2. The fourth-order valence-corrected chi connectivity index (χ4v) is 2.11. The van der Waals surface area contributed by atoms with Gasteiger partial charge in [0, 0.05) is 17.6 Å². The summed E-state index contributed by atoms with van der Waals surface area (Å²) in [6, 6.07) is 6.71. The number of nitrogens with one attached hydrogen (secondary N) is 1. The van der Waals surface area contributed by atoms with Crippen LogP contribution in [0.25, 0.3) is 0 Å². The van der Waals surface area contributed by atoms with Gasteiger partial charge in [0.05, 0.1) is 10.2 Å². The van der Waals surface area contributed by atoms with E-state index in [1.807, 2.05) is 6.92 Å². The number of anilines is 1. The van der Waals surface area contributed by atoms with E-state index in [4.69, 9.17) is 11.6 Å². The molecule has 18 heavy (non-hydrogen) atoms. The second-order valence-electron chi connectivity index (χ2n) is 3.83. The number of benzene rings is 1. The van der Waals surface area contributed by atoms with E-state index in [0.29, 0.717) is 16.4 Å². The van der Waals surface area contributed by atoms with Crippen LogP contribution in [0.1, 0.15) is 16.1 Å². The predicted octanol–water partition coefficient (Wildman–Crippen LogP) is 3.40. The average molecular weight is 329 g/mol. The Balaban J connectivity index is 2.24. The maximum atomic E-state index is 12.0.